The molecule has 2 heterocycles. The number of nitrogens with zero attached hydrogens (tertiary/aromatic N) is 4. The van der Waals surface area contributed by atoms with E-state index in [0.717, 1.165) is 43.1 Å². The molecule has 0 unspecified atom stereocenters. The minimum atomic E-state index is -1.79. The summed E-state index contributed by atoms with van der Waals surface area (Å²) in [5, 5.41) is 12.1. The molecule has 1 saturated carbocycles. The van der Waals surface area contributed by atoms with Crippen LogP contribution in [-0.2, 0) is 15.9 Å². The lowest BCUT2D eigenvalue weighted by molar-refractivity contribution is 0.0898. The van der Waals surface area contributed by atoms with E-state index in [1.54, 1.807) is 30.6 Å². The van der Waals surface area contributed by atoms with Gasteiger partial charge in [-0.25, -0.2) is 9.37 Å². The zero-order valence-corrected chi connectivity index (χ0v) is 33.7. The molecular weight excluding hydrogens is 690 g/mol. The molecule has 50 heavy (non-hydrogen) atoms. The number of aromatic nitrogens is 4. The predicted molar refractivity (Wildman–Crippen MR) is 203 cm³/mol. The topological polar surface area (TPSA) is 110 Å². The van der Waals surface area contributed by atoms with Gasteiger partial charge in [0.05, 0.1) is 42.2 Å². The highest BCUT2D eigenvalue weighted by atomic mass is 32.1. The second-order valence-electron chi connectivity index (χ2n) is 15.9. The van der Waals surface area contributed by atoms with E-state index in [2.05, 4.69) is 74.0 Å². The first-order valence-corrected chi connectivity index (χ1v) is 24.8. The number of ether oxygens (including phenoxy) is 3. The van der Waals surface area contributed by atoms with E-state index in [1.165, 1.54) is 13.2 Å². The van der Waals surface area contributed by atoms with E-state index >= 15 is 4.39 Å². The molecule has 2 aromatic heterocycles. The molecule has 2 aromatic carbocycles. The van der Waals surface area contributed by atoms with Crippen molar-refractivity contribution in [3.63, 3.8) is 0 Å². The summed E-state index contributed by atoms with van der Waals surface area (Å²) in [6.45, 7) is 19.8. The number of nitrogens with one attached hydrogen (secondary N) is 1. The van der Waals surface area contributed by atoms with Gasteiger partial charge in [-0.15, -0.1) is 5.10 Å². The number of hydrogen-bond donors (Lipinski definition) is 1. The van der Waals surface area contributed by atoms with Crippen molar-refractivity contribution in [3.05, 3.63) is 48.0 Å². The van der Waals surface area contributed by atoms with Crippen molar-refractivity contribution >= 4 is 49.8 Å². The number of hydrogen-bond acceptors (Lipinski definition) is 9. The van der Waals surface area contributed by atoms with Gasteiger partial charge in [0, 0.05) is 26.3 Å². The molecule has 0 spiro atoms. The average Bonchev–Trinajstić information content (AvgIpc) is 3.67. The van der Waals surface area contributed by atoms with Gasteiger partial charge in [-0.3, -0.25) is 10.1 Å². The summed E-state index contributed by atoms with van der Waals surface area (Å²) in [6.07, 6.45) is 6.11. The Labute approximate surface area is 301 Å². The van der Waals surface area contributed by atoms with Crippen LogP contribution in [0, 0.1) is 11.7 Å². The fourth-order valence-corrected chi connectivity index (χ4v) is 8.54. The van der Waals surface area contributed by atoms with Crippen LogP contribution in [0.5, 0.6) is 10.9 Å². The molecule has 0 radical (unpaired) electrons. The molecule has 1 aliphatic carbocycles. The summed E-state index contributed by atoms with van der Waals surface area (Å²) in [5.74, 6) is -0.272. The van der Waals surface area contributed by atoms with Crippen LogP contribution in [0.2, 0.25) is 43.8 Å². The number of rotatable bonds is 14. The van der Waals surface area contributed by atoms with Crippen LogP contribution in [0.3, 0.4) is 0 Å². The number of imidazole rings is 1. The van der Waals surface area contributed by atoms with Gasteiger partial charge in [0.2, 0.25) is 5.13 Å². The van der Waals surface area contributed by atoms with Crippen molar-refractivity contribution in [1.29, 1.82) is 0 Å². The average molecular weight is 742 g/mol. The summed E-state index contributed by atoms with van der Waals surface area (Å²) in [6, 6.07) is 9.04. The second-order valence-corrected chi connectivity index (χ2v) is 27.2. The van der Waals surface area contributed by atoms with Crippen LogP contribution in [0.15, 0.2) is 36.7 Å². The van der Waals surface area contributed by atoms with E-state index in [4.69, 9.17) is 18.6 Å². The van der Waals surface area contributed by atoms with Gasteiger partial charge in [0.25, 0.3) is 11.1 Å². The number of benzene rings is 2. The van der Waals surface area contributed by atoms with Crippen LogP contribution >= 0.6 is 11.3 Å². The number of carbonyl (C=O) groups is 1. The summed E-state index contributed by atoms with van der Waals surface area (Å²) in [5.41, 5.74) is 2.05. The largest absolute Gasteiger partial charge is 0.496 e. The third-order valence-corrected chi connectivity index (χ3v) is 16.8. The number of anilines is 1. The number of fused-ring (bicyclic) bond motifs is 1. The second kappa shape index (κ2) is 15.6. The molecule has 14 heteroatoms. The van der Waals surface area contributed by atoms with E-state index in [0.29, 0.717) is 52.8 Å². The molecule has 1 N–H and O–H groups in total. The van der Waals surface area contributed by atoms with Crippen LogP contribution in [-0.4, -0.2) is 68.5 Å². The monoisotopic (exact) mass is 741 g/mol. The first kappa shape index (κ1) is 38.1. The lowest BCUT2D eigenvalue weighted by Crippen LogP contribution is -2.44. The number of carbonyl (C=O) groups excluding carboxylic acids is 1. The number of halogens is 1. The molecule has 1 fully saturated rings. The van der Waals surface area contributed by atoms with Crippen molar-refractivity contribution in [2.45, 2.75) is 103 Å². The highest BCUT2D eigenvalue weighted by Crippen LogP contribution is 2.40. The standard InChI is InChI=1S/C36H52FN5O5SSi2/c1-36(2,3)50(8,9)47-25-15-13-24(14-16-25)21-46-35-41-40-34(48-35)39-33(43)27-20-30-29(38-22-42(30)23-45-17-18-49(5,6)7)19-26(27)32-28(37)11-10-12-31(32)44-4/h10-12,19-20,22,24-25H,13-18,21,23H2,1-9H3,(H,39,40,43). The van der Waals surface area contributed by atoms with Crippen molar-refractivity contribution < 1.29 is 27.8 Å². The fraction of sp³-hybridized carbons (Fsp3) is 0.556. The lowest BCUT2D eigenvalue weighted by atomic mass is 9.88. The van der Waals surface area contributed by atoms with Gasteiger partial charge in [-0.2, -0.15) is 0 Å². The number of amides is 1. The molecule has 4 aromatic rings. The van der Waals surface area contributed by atoms with Gasteiger partial charge >= 0.3 is 0 Å². The number of methoxy groups -OCH3 is 1. The Morgan fingerprint density at radius 1 is 1.08 bits per heavy atom. The minimum absolute atomic E-state index is 0.175. The van der Waals surface area contributed by atoms with Crippen LogP contribution in [0.4, 0.5) is 9.52 Å². The molecule has 1 amide bonds. The normalized spacial score (nSPS) is 17.2. The van der Waals surface area contributed by atoms with Crippen LogP contribution in [0.1, 0.15) is 56.8 Å². The molecule has 1 aliphatic rings. The van der Waals surface area contributed by atoms with Gasteiger partial charge in [-0.1, -0.05) is 51.6 Å². The third-order valence-electron chi connectivity index (χ3n) is 9.83. The molecule has 0 aliphatic heterocycles. The Balaban J connectivity index is 1.29. The Morgan fingerprint density at radius 3 is 2.50 bits per heavy atom. The lowest BCUT2D eigenvalue weighted by Gasteiger charge is -2.41. The van der Waals surface area contributed by atoms with Gasteiger partial charge in [0.15, 0.2) is 8.32 Å². The van der Waals surface area contributed by atoms with Crippen molar-refractivity contribution in [1.82, 2.24) is 19.7 Å². The quantitative estimate of drug-likeness (QED) is 0.101. The molecular formula is C36H52FN5O5SSi2. The summed E-state index contributed by atoms with van der Waals surface area (Å²) in [7, 11) is -1.57. The van der Waals surface area contributed by atoms with Crippen LogP contribution in [0.25, 0.3) is 22.2 Å². The summed E-state index contributed by atoms with van der Waals surface area (Å²) < 4.78 is 41.4. The maximum atomic E-state index is 15.4. The summed E-state index contributed by atoms with van der Waals surface area (Å²) in [4.78, 5) is 18.5. The van der Waals surface area contributed by atoms with Crippen molar-refractivity contribution in [3.8, 4) is 22.1 Å². The molecule has 5 rings (SSSR count). The van der Waals surface area contributed by atoms with Gasteiger partial charge in [0.1, 0.15) is 18.3 Å². The first-order valence-electron chi connectivity index (χ1n) is 17.4. The molecule has 0 bridgehead atoms. The van der Waals surface area contributed by atoms with E-state index in [-0.39, 0.29) is 28.0 Å². The summed E-state index contributed by atoms with van der Waals surface area (Å²) >= 11 is 1.16. The highest BCUT2D eigenvalue weighted by Gasteiger charge is 2.40. The van der Waals surface area contributed by atoms with Gasteiger partial charge < -0.3 is 23.2 Å². The maximum Gasteiger partial charge on any atom is 0.295 e. The Kier molecular flexibility index (Phi) is 11.9. The zero-order valence-electron chi connectivity index (χ0n) is 30.9. The van der Waals surface area contributed by atoms with Gasteiger partial charge in [-0.05, 0) is 91.4 Å². The van der Waals surface area contributed by atoms with Crippen molar-refractivity contribution in [2.75, 3.05) is 25.6 Å². The van der Waals surface area contributed by atoms with E-state index < -0.39 is 28.1 Å². The molecule has 0 saturated heterocycles. The van der Waals surface area contributed by atoms with Crippen LogP contribution < -0.4 is 14.8 Å². The maximum absolute atomic E-state index is 15.4. The van der Waals surface area contributed by atoms with Crippen molar-refractivity contribution in [2.24, 2.45) is 5.92 Å². The minimum Gasteiger partial charge on any atom is -0.496 e. The Morgan fingerprint density at radius 2 is 1.82 bits per heavy atom. The smallest absolute Gasteiger partial charge is 0.295 e. The molecule has 10 nitrogen and oxygen atoms in total. The Hall–Kier alpha value is -3.18. The fourth-order valence-electron chi connectivity index (χ4n) is 5.76. The van der Waals surface area contributed by atoms with E-state index in [9.17, 15) is 4.79 Å². The third kappa shape index (κ3) is 9.38. The Bertz CT molecular complexity index is 1780. The van der Waals surface area contributed by atoms with E-state index in [1.807, 2.05) is 4.57 Å². The SMILES string of the molecule is COc1cccc(F)c1-c1cc2ncn(COCC[Si](C)(C)C)c2cc1C(=O)Nc1nnc(OCC2CCC(O[Si](C)(C)C(C)(C)C)CC2)s1. The predicted octanol–water partition coefficient (Wildman–Crippen LogP) is 9.23. The zero-order chi connectivity index (χ0) is 36.3. The first-order chi connectivity index (χ1) is 23.5. The molecule has 0 atom stereocenters. The molecule has 272 valence electrons. The highest BCUT2D eigenvalue weighted by molar-refractivity contribution is 7.17.